The number of benzene rings is 1. The Morgan fingerprint density at radius 2 is 1.94 bits per heavy atom. The number of carboxylic acid groups (broad SMARTS) is 1. The van der Waals surface area contributed by atoms with Crippen LogP contribution in [0.3, 0.4) is 0 Å². The number of carbonyl (C=O) groups excluding carboxylic acids is 1. The van der Waals surface area contributed by atoms with Crippen LogP contribution in [0.2, 0.25) is 0 Å². The average Bonchev–Trinajstić information content (AvgIpc) is 3.71. The van der Waals surface area contributed by atoms with Crippen molar-refractivity contribution in [2.45, 2.75) is 71.2 Å². The molecule has 1 saturated heterocycles. The summed E-state index contributed by atoms with van der Waals surface area (Å²) in [4.78, 5) is 58.0. The molecule has 17 nitrogen and oxygen atoms in total. The second-order valence-electron chi connectivity index (χ2n) is 13.2. The van der Waals surface area contributed by atoms with E-state index in [0.717, 1.165) is 17.4 Å². The quantitative estimate of drug-likeness (QED) is 0.146. The van der Waals surface area contributed by atoms with E-state index in [4.69, 9.17) is 23.5 Å². The fourth-order valence-electron chi connectivity index (χ4n) is 6.41. The number of aromatic amines is 1. The maximum Gasteiger partial charge on any atom is 0.472 e. The Labute approximate surface area is 285 Å². The summed E-state index contributed by atoms with van der Waals surface area (Å²) in [5, 5.41) is 13.5. The minimum Gasteiger partial charge on any atom is -0.465 e. The van der Waals surface area contributed by atoms with Gasteiger partial charge in [0.1, 0.15) is 29.0 Å². The molecule has 0 spiro atoms. The zero-order valence-corrected chi connectivity index (χ0v) is 29.1. The first-order chi connectivity index (χ1) is 23.5. The zero-order chi connectivity index (χ0) is 36.1. The van der Waals surface area contributed by atoms with E-state index in [1.54, 1.807) is 27.7 Å². The van der Waals surface area contributed by atoms with E-state index >= 15 is 4.39 Å². The predicted molar refractivity (Wildman–Crippen MR) is 178 cm³/mol. The maximum absolute atomic E-state index is 15.0. The third-order valence-corrected chi connectivity index (χ3v) is 9.60. The number of nitrogens with one attached hydrogen (secondary N) is 2. The highest BCUT2D eigenvalue weighted by Gasteiger charge is 2.47. The highest BCUT2D eigenvalue weighted by molar-refractivity contribution is 7.47. The lowest BCUT2D eigenvalue weighted by Crippen LogP contribution is -2.47. The number of rotatable bonds is 10. The first-order valence-electron chi connectivity index (χ1n) is 15.9. The number of halogens is 1. The van der Waals surface area contributed by atoms with Gasteiger partial charge in [-0.15, -0.1) is 0 Å². The van der Waals surface area contributed by atoms with Gasteiger partial charge in [-0.05, 0) is 65.5 Å². The van der Waals surface area contributed by atoms with Crippen molar-refractivity contribution in [2.24, 2.45) is 5.92 Å². The molecule has 2 amide bonds. The van der Waals surface area contributed by atoms with Gasteiger partial charge in [0, 0.05) is 31.1 Å². The van der Waals surface area contributed by atoms with Crippen molar-refractivity contribution in [2.75, 3.05) is 30.0 Å². The van der Waals surface area contributed by atoms with Crippen molar-refractivity contribution in [3.63, 3.8) is 0 Å². The second kappa shape index (κ2) is 13.2. The van der Waals surface area contributed by atoms with Crippen molar-refractivity contribution >= 4 is 53.5 Å². The van der Waals surface area contributed by atoms with E-state index < -0.39 is 37.5 Å². The first kappa shape index (κ1) is 35.2. The molecular weight excluding hydrogens is 678 g/mol. The Balaban J connectivity index is 1.35. The minimum atomic E-state index is -4.30. The number of hydrogen-bond donors (Lipinski definition) is 4. The van der Waals surface area contributed by atoms with Crippen LogP contribution in [-0.4, -0.2) is 85.0 Å². The second-order valence-corrected chi connectivity index (χ2v) is 14.6. The van der Waals surface area contributed by atoms with Crippen molar-refractivity contribution in [1.82, 2.24) is 30.2 Å². The molecule has 1 aliphatic carbocycles. The third-order valence-electron chi connectivity index (χ3n) is 8.43. The van der Waals surface area contributed by atoms with Crippen LogP contribution >= 0.6 is 7.82 Å². The molecule has 5 atom stereocenters. The van der Waals surface area contributed by atoms with E-state index in [2.05, 4.69) is 30.2 Å². The van der Waals surface area contributed by atoms with Crippen molar-refractivity contribution in [3.8, 4) is 11.8 Å². The van der Waals surface area contributed by atoms with Gasteiger partial charge in [-0.2, -0.15) is 9.97 Å². The summed E-state index contributed by atoms with van der Waals surface area (Å²) in [5.41, 5.74) is 0.0496. The van der Waals surface area contributed by atoms with Gasteiger partial charge in [-0.1, -0.05) is 0 Å². The monoisotopic (exact) mass is 716 g/mol. The predicted octanol–water partition coefficient (Wildman–Crippen LogP) is 5.65. The molecule has 4 N–H and O–H groups in total. The Bertz CT molecular complexity index is 1990. The number of ether oxygens (including phenoxy) is 2. The number of aromatic nitrogens is 5. The van der Waals surface area contributed by atoms with Crippen molar-refractivity contribution in [1.29, 1.82) is 0 Å². The topological polar surface area (TPSA) is 214 Å². The summed E-state index contributed by atoms with van der Waals surface area (Å²) in [6, 6.07) is 2.15. The molecule has 3 aromatic heterocycles. The van der Waals surface area contributed by atoms with Crippen LogP contribution in [0.5, 0.6) is 11.8 Å². The Morgan fingerprint density at radius 3 is 2.56 bits per heavy atom. The molecular formula is C31H38FN8O9P. The summed E-state index contributed by atoms with van der Waals surface area (Å²) in [7, 11) is -2.99. The Morgan fingerprint density at radius 1 is 1.22 bits per heavy atom. The third kappa shape index (κ3) is 7.28. The number of anilines is 2. The fourth-order valence-corrected chi connectivity index (χ4v) is 7.29. The number of nitrogens with zero attached hydrogens (tertiary/aromatic N) is 6. The summed E-state index contributed by atoms with van der Waals surface area (Å²) < 4.78 is 48.3. The van der Waals surface area contributed by atoms with Crippen LogP contribution in [0.15, 0.2) is 24.5 Å². The number of fused-ring (bicyclic) bond motifs is 5. The van der Waals surface area contributed by atoms with Gasteiger partial charge in [0.25, 0.3) is 0 Å². The van der Waals surface area contributed by atoms with Crippen LogP contribution in [0.4, 0.5) is 25.5 Å². The highest BCUT2D eigenvalue weighted by atomic mass is 31.2. The molecule has 268 valence electrons. The number of phosphoric acid groups is 1. The fraction of sp³-hybridized carbons (Fsp3) is 0.484. The van der Waals surface area contributed by atoms with Gasteiger partial charge in [0.2, 0.25) is 0 Å². The Kier molecular flexibility index (Phi) is 9.32. The number of H-pyrrole nitrogens is 1. The molecule has 0 radical (unpaired) electrons. The molecule has 2 fully saturated rings. The van der Waals surface area contributed by atoms with Crippen LogP contribution < -0.4 is 19.9 Å². The van der Waals surface area contributed by atoms with E-state index in [9.17, 15) is 24.2 Å². The molecule has 4 aromatic rings. The molecule has 4 heterocycles. The smallest absolute Gasteiger partial charge is 0.465 e. The largest absolute Gasteiger partial charge is 0.472 e. The standard InChI is InChI=1S/C31H38FN8O9P/c1-7-46-50(44,45)49-15(2)25-33-12-19(13-34-25)47-28-37-26-23(20-9-17(32)10-22(24(20)36-26)39(6)30(42)43)27(38-28)40-14-16-8-18(40)11-21(16)35-29(41)48-31(3,4)5/h9-10,12-13,15-16,18,21H,7-8,11,14H2,1-6H3,(H,35,41)(H,42,43)(H,44,45)(H,36,37,38)/t15-,16-,18-,21-/m1/s1. The van der Waals surface area contributed by atoms with E-state index in [-0.39, 0.29) is 53.5 Å². The molecule has 6 rings (SSSR count). The number of piperidine rings is 1. The molecule has 1 aromatic carbocycles. The van der Waals surface area contributed by atoms with Gasteiger partial charge in [0.15, 0.2) is 11.6 Å². The number of alkyl carbamates (subject to hydrolysis) is 1. The SMILES string of the molecule is CCOP(=O)(O)O[C@H](C)c1ncc(Oc2nc(N3C[C@H]4C[C@@H]3C[C@H]4NC(=O)OC(C)(C)C)c3c(n2)[nH]c2c(N(C)C(=O)O)cc(F)cc23)cn1. The first-order valence-corrected chi connectivity index (χ1v) is 17.4. The van der Waals surface area contributed by atoms with E-state index in [0.29, 0.717) is 35.1 Å². The van der Waals surface area contributed by atoms with Crippen LogP contribution in [0.25, 0.3) is 21.9 Å². The maximum atomic E-state index is 15.0. The molecule has 19 heteroatoms. The number of carbonyl (C=O) groups is 2. The normalized spacial score (nSPS) is 20.6. The van der Waals surface area contributed by atoms with Gasteiger partial charge in [0.05, 0.1) is 35.6 Å². The molecule has 2 aliphatic rings. The average molecular weight is 717 g/mol. The summed E-state index contributed by atoms with van der Waals surface area (Å²) in [6.45, 7) is 8.93. The molecule has 1 unspecified atom stereocenters. The van der Waals surface area contributed by atoms with Gasteiger partial charge < -0.3 is 34.7 Å². The van der Waals surface area contributed by atoms with Crippen LogP contribution in [0.1, 0.15) is 59.4 Å². The van der Waals surface area contributed by atoms with Crippen molar-refractivity contribution < 1.29 is 47.1 Å². The molecule has 1 aliphatic heterocycles. The minimum absolute atomic E-state index is 0.0221. The van der Waals surface area contributed by atoms with E-state index in [1.807, 2.05) is 0 Å². The lowest BCUT2D eigenvalue weighted by molar-refractivity contribution is 0.0491. The van der Waals surface area contributed by atoms with Gasteiger partial charge in [-0.25, -0.2) is 28.5 Å². The number of hydrogen-bond acceptors (Lipinski definition) is 12. The number of phosphoric ester groups is 1. The van der Waals surface area contributed by atoms with Crippen LogP contribution in [0, 0.1) is 11.7 Å². The summed E-state index contributed by atoms with van der Waals surface area (Å²) >= 11 is 0. The van der Waals surface area contributed by atoms with Gasteiger partial charge >= 0.3 is 26.0 Å². The van der Waals surface area contributed by atoms with Gasteiger partial charge in [-0.3, -0.25) is 13.9 Å². The molecule has 2 bridgehead atoms. The summed E-state index contributed by atoms with van der Waals surface area (Å²) in [6.07, 6.45) is 1.26. The lowest BCUT2D eigenvalue weighted by atomic mass is 10.0. The zero-order valence-electron chi connectivity index (χ0n) is 28.2. The van der Waals surface area contributed by atoms with Crippen LogP contribution in [-0.2, 0) is 18.3 Å². The molecule has 1 saturated carbocycles. The lowest BCUT2D eigenvalue weighted by Gasteiger charge is -2.33. The molecule has 50 heavy (non-hydrogen) atoms. The van der Waals surface area contributed by atoms with E-state index in [1.165, 1.54) is 32.4 Å². The highest BCUT2D eigenvalue weighted by Crippen LogP contribution is 2.48. The van der Waals surface area contributed by atoms with Crippen molar-refractivity contribution in [3.05, 3.63) is 36.2 Å². The summed E-state index contributed by atoms with van der Waals surface area (Å²) in [5.74, 6) is 0.0921. The number of amides is 2. The Hall–Kier alpha value is -4.64.